The number of carbonyl (C=O) groups is 2. The summed E-state index contributed by atoms with van der Waals surface area (Å²) in [4.78, 5) is 23.4. The molecule has 20 heavy (non-hydrogen) atoms. The molecule has 1 aromatic rings. The van der Waals surface area contributed by atoms with Gasteiger partial charge in [0.25, 0.3) is 0 Å². The van der Waals surface area contributed by atoms with Crippen LogP contribution in [0.4, 0.5) is 8.78 Å². The first kappa shape index (κ1) is 16.4. The molecule has 0 heterocycles. The number of Topliss-reactive ketones (excluding diaryl/α,β-unsaturated/α-hetero) is 1. The van der Waals surface area contributed by atoms with E-state index in [1.807, 2.05) is 0 Å². The highest BCUT2D eigenvalue weighted by molar-refractivity contribution is 6.19. The summed E-state index contributed by atoms with van der Waals surface area (Å²) < 4.78 is 33.5. The quantitative estimate of drug-likeness (QED) is 0.441. The van der Waals surface area contributed by atoms with E-state index < -0.39 is 12.6 Å². The molecule has 4 nitrogen and oxygen atoms in total. The van der Waals surface area contributed by atoms with Gasteiger partial charge in [-0.2, -0.15) is 8.78 Å². The number of hydrogen-bond acceptors (Lipinski definition) is 4. The lowest BCUT2D eigenvalue weighted by molar-refractivity contribution is -0.0504. The van der Waals surface area contributed by atoms with Gasteiger partial charge in [-0.05, 0) is 25.1 Å². The van der Waals surface area contributed by atoms with Crippen molar-refractivity contribution in [2.24, 2.45) is 0 Å². The third kappa shape index (κ3) is 4.45. The fourth-order valence-corrected chi connectivity index (χ4v) is 1.67. The van der Waals surface area contributed by atoms with Crippen molar-refractivity contribution >= 4 is 23.4 Å². The average Bonchev–Trinajstić information content (AvgIpc) is 2.39. The number of carbonyl (C=O) groups excluding carboxylic acids is 2. The Morgan fingerprint density at radius 3 is 2.60 bits per heavy atom. The van der Waals surface area contributed by atoms with Crippen molar-refractivity contribution in [2.75, 3.05) is 12.5 Å². The molecule has 0 amide bonds. The van der Waals surface area contributed by atoms with Gasteiger partial charge in [0.1, 0.15) is 11.3 Å². The van der Waals surface area contributed by atoms with Crippen LogP contribution in [0.1, 0.15) is 34.1 Å². The molecule has 0 bridgehead atoms. The molecule has 0 aliphatic rings. The van der Waals surface area contributed by atoms with Crippen molar-refractivity contribution in [3.63, 3.8) is 0 Å². The van der Waals surface area contributed by atoms with Crippen LogP contribution in [0.25, 0.3) is 0 Å². The van der Waals surface area contributed by atoms with Gasteiger partial charge in [0.15, 0.2) is 5.78 Å². The molecular formula is C13H13ClF2O4. The van der Waals surface area contributed by atoms with Gasteiger partial charge in [-0.15, -0.1) is 11.6 Å². The zero-order valence-corrected chi connectivity index (χ0v) is 11.5. The summed E-state index contributed by atoms with van der Waals surface area (Å²) >= 11 is 5.46. The fourth-order valence-electron chi connectivity index (χ4n) is 1.50. The smallest absolute Gasteiger partial charge is 0.387 e. The van der Waals surface area contributed by atoms with Crippen LogP contribution in [0.15, 0.2) is 18.2 Å². The van der Waals surface area contributed by atoms with Crippen molar-refractivity contribution in [3.05, 3.63) is 29.3 Å². The summed E-state index contributed by atoms with van der Waals surface area (Å²) in [7, 11) is 0. The van der Waals surface area contributed by atoms with E-state index >= 15 is 0 Å². The third-order valence-electron chi connectivity index (χ3n) is 2.33. The second-order valence-corrected chi connectivity index (χ2v) is 4.05. The summed E-state index contributed by atoms with van der Waals surface area (Å²) in [6.45, 7) is -1.42. The van der Waals surface area contributed by atoms with Gasteiger partial charge < -0.3 is 9.47 Å². The van der Waals surface area contributed by atoms with E-state index in [1.54, 1.807) is 6.92 Å². The number of benzene rings is 1. The second-order valence-electron chi connectivity index (χ2n) is 3.67. The Bertz CT molecular complexity index is 491. The lowest BCUT2D eigenvalue weighted by Gasteiger charge is -2.11. The number of rotatable bonds is 7. The van der Waals surface area contributed by atoms with Gasteiger partial charge in [-0.25, -0.2) is 4.79 Å². The molecule has 0 spiro atoms. The Kier molecular flexibility index (Phi) is 6.38. The van der Waals surface area contributed by atoms with Gasteiger partial charge in [0, 0.05) is 17.9 Å². The molecule has 1 aromatic carbocycles. The monoisotopic (exact) mass is 306 g/mol. The zero-order chi connectivity index (χ0) is 15.1. The molecule has 0 aliphatic carbocycles. The molecule has 7 heteroatoms. The van der Waals surface area contributed by atoms with Crippen LogP contribution in [0, 0.1) is 0 Å². The van der Waals surface area contributed by atoms with E-state index in [9.17, 15) is 18.4 Å². The molecule has 0 unspecified atom stereocenters. The van der Waals surface area contributed by atoms with Gasteiger partial charge in [0.05, 0.1) is 6.61 Å². The number of ether oxygens (including phenoxy) is 2. The topological polar surface area (TPSA) is 52.6 Å². The molecule has 0 aliphatic heterocycles. The molecule has 0 aromatic heterocycles. The lowest BCUT2D eigenvalue weighted by Crippen LogP contribution is -2.12. The molecule has 0 N–H and O–H groups in total. The highest BCUT2D eigenvalue weighted by Crippen LogP contribution is 2.24. The Hall–Kier alpha value is -1.69. The molecule has 0 atom stereocenters. The highest BCUT2D eigenvalue weighted by Gasteiger charge is 2.19. The summed E-state index contributed by atoms with van der Waals surface area (Å²) in [6.07, 6.45) is 0.0822. The maximum atomic E-state index is 12.3. The minimum absolute atomic E-state index is 0.0762. The minimum Gasteiger partial charge on any atom is -0.462 e. The van der Waals surface area contributed by atoms with Crippen LogP contribution in [0.3, 0.4) is 0 Å². The standard InChI is InChI=1S/C13H13ClF2O4/c1-2-19-12(18)9-7-8(10(17)5-6-14)3-4-11(9)20-13(15)16/h3-4,7,13H,2,5-6H2,1H3. The van der Waals surface area contributed by atoms with Crippen molar-refractivity contribution in [1.82, 2.24) is 0 Å². The van der Waals surface area contributed by atoms with Crippen molar-refractivity contribution in [3.8, 4) is 5.75 Å². The first-order valence-corrected chi connectivity index (χ1v) is 6.38. The molecule has 1 rings (SSSR count). The predicted octanol–water partition coefficient (Wildman–Crippen LogP) is 3.28. The summed E-state index contributed by atoms with van der Waals surface area (Å²) in [6, 6.07) is 3.61. The van der Waals surface area contributed by atoms with Gasteiger partial charge in [-0.1, -0.05) is 0 Å². The number of esters is 1. The molecular weight excluding hydrogens is 294 g/mol. The highest BCUT2D eigenvalue weighted by atomic mass is 35.5. The third-order valence-corrected chi connectivity index (χ3v) is 2.52. The predicted molar refractivity (Wildman–Crippen MR) is 68.7 cm³/mol. The average molecular weight is 307 g/mol. The minimum atomic E-state index is -3.08. The maximum absolute atomic E-state index is 12.3. The largest absolute Gasteiger partial charge is 0.462 e. The summed E-state index contributed by atoms with van der Waals surface area (Å²) in [5.74, 6) is -1.33. The van der Waals surface area contributed by atoms with Crippen LogP contribution in [-0.4, -0.2) is 30.9 Å². The van der Waals surface area contributed by atoms with Gasteiger partial charge >= 0.3 is 12.6 Å². The van der Waals surface area contributed by atoms with E-state index in [-0.39, 0.29) is 41.6 Å². The molecule has 0 saturated carbocycles. The summed E-state index contributed by atoms with van der Waals surface area (Å²) in [5.41, 5.74) is -0.0251. The number of alkyl halides is 3. The van der Waals surface area contributed by atoms with Crippen molar-refractivity contribution in [1.29, 1.82) is 0 Å². The van der Waals surface area contributed by atoms with Crippen LogP contribution < -0.4 is 4.74 Å². The van der Waals surface area contributed by atoms with Crippen LogP contribution in [-0.2, 0) is 4.74 Å². The van der Waals surface area contributed by atoms with E-state index in [0.717, 1.165) is 6.07 Å². The van der Waals surface area contributed by atoms with Crippen LogP contribution in [0.5, 0.6) is 5.75 Å². The lowest BCUT2D eigenvalue weighted by atomic mass is 10.0. The van der Waals surface area contributed by atoms with E-state index in [2.05, 4.69) is 4.74 Å². The second kappa shape index (κ2) is 7.79. The van der Waals surface area contributed by atoms with Gasteiger partial charge in [0.2, 0.25) is 0 Å². The Labute approximate surface area is 119 Å². The SMILES string of the molecule is CCOC(=O)c1cc(C(=O)CCCl)ccc1OC(F)F. The number of ketones is 1. The summed E-state index contributed by atoms with van der Waals surface area (Å²) in [5, 5.41) is 0. The van der Waals surface area contributed by atoms with E-state index in [0.29, 0.717) is 0 Å². The van der Waals surface area contributed by atoms with E-state index in [1.165, 1.54) is 12.1 Å². The maximum Gasteiger partial charge on any atom is 0.387 e. The number of hydrogen-bond donors (Lipinski definition) is 0. The van der Waals surface area contributed by atoms with Gasteiger partial charge in [-0.3, -0.25) is 4.79 Å². The molecule has 0 saturated heterocycles. The normalized spacial score (nSPS) is 10.4. The molecule has 0 fully saturated rings. The van der Waals surface area contributed by atoms with Crippen LogP contribution >= 0.6 is 11.6 Å². The number of halogens is 3. The zero-order valence-electron chi connectivity index (χ0n) is 10.7. The van der Waals surface area contributed by atoms with Crippen molar-refractivity contribution in [2.45, 2.75) is 20.0 Å². The first-order chi connectivity index (χ1) is 9.49. The Morgan fingerprint density at radius 2 is 2.05 bits per heavy atom. The molecule has 0 radical (unpaired) electrons. The Morgan fingerprint density at radius 1 is 1.35 bits per heavy atom. The fraction of sp³-hybridized carbons (Fsp3) is 0.385. The molecule has 110 valence electrons. The Balaban J connectivity index is 3.13. The van der Waals surface area contributed by atoms with E-state index in [4.69, 9.17) is 16.3 Å². The van der Waals surface area contributed by atoms with Crippen molar-refractivity contribution < 1.29 is 27.8 Å². The first-order valence-electron chi connectivity index (χ1n) is 5.84. The van der Waals surface area contributed by atoms with Crippen LogP contribution in [0.2, 0.25) is 0 Å².